The minimum absolute atomic E-state index is 0. The first-order valence-corrected chi connectivity index (χ1v) is 11.7. The standard InChI is InChI=1S/C19H24O2.24W/c1-18-8-3-4-15(18)14-6-5-12-10-13(20)7-9-19(12,2)17(14)16(21)11-18;;;;;;;;;;;;;;;;;;;;;;;;/h10,14-17,21H,3-5,7,9,11H2,1-2H3;;;;;;;;;;;;;;;;;;;;;;;;/t14?,15?,16-,17?,18?,19?;;;;;;;;;;;;;;;;;;;;;;;;/m1......................../s1. The van der Waals surface area contributed by atoms with Crippen LogP contribution in [0, 0.1) is 28.6 Å². The number of carbonyl (C=O) groups excluding carboxylic acids is 1. The molecule has 256 valence electrons. The van der Waals surface area contributed by atoms with Gasteiger partial charge in [0.25, 0.3) is 0 Å². The van der Waals surface area contributed by atoms with E-state index >= 15 is 0 Å². The molecule has 0 aliphatic heterocycles. The molecule has 0 saturated heterocycles. The largest absolute Gasteiger partial charge is 0 e. The minimum Gasteiger partial charge on any atom is 0 e. The molecule has 0 radical (unpaired) electrons. The molecule has 4 aliphatic rings. The third-order valence-electron chi connectivity index (χ3n) is 7.44. The second-order valence-electron chi connectivity index (χ2n) is 8.51. The number of carbonyl (C=O) groups is 1. The van der Waals surface area contributed by atoms with Crippen molar-refractivity contribution >= 4 is 13.6 Å². The fourth-order valence-corrected chi connectivity index (χ4v) is 9.09. The van der Waals surface area contributed by atoms with Crippen LogP contribution in [-0.4, -0.2) is 24.8 Å². The van der Waals surface area contributed by atoms with Crippen LogP contribution in [0.2, 0.25) is 0 Å². The molecule has 1 N–H and O–H groups in total. The zero-order valence-electron chi connectivity index (χ0n) is 22.8. The van der Waals surface area contributed by atoms with Crippen LogP contribution in [0.25, 0.3) is 0 Å². The van der Waals surface area contributed by atoms with Gasteiger partial charge in [-0.25, -0.2) is 0 Å². The Bertz CT molecular complexity index is 687. The molecule has 0 heterocycles. The molecule has 45 heavy (non-hydrogen) atoms. The third-order valence-corrected chi connectivity index (χ3v) is 11.3. The summed E-state index contributed by atoms with van der Waals surface area (Å²) in [6, 6.07) is 0. The average Bonchev–Trinajstić information content (AvgIpc) is 2.76. The van der Waals surface area contributed by atoms with E-state index in [1.165, 1.54) is 18.4 Å². The van der Waals surface area contributed by atoms with E-state index in [4.69, 9.17) is 0 Å². The Hall–Kier alpha value is 15.6. The van der Waals surface area contributed by atoms with E-state index in [1.807, 2.05) is 6.08 Å². The summed E-state index contributed by atoms with van der Waals surface area (Å²) in [5, 5.41) is 11.2. The Labute approximate surface area is 608 Å². The predicted molar refractivity (Wildman–Crippen MR) is 83.5 cm³/mol. The number of aliphatic hydroxyl groups is 1. The summed E-state index contributed by atoms with van der Waals surface area (Å²) in [6.45, 7) is 4.76. The van der Waals surface area contributed by atoms with Crippen molar-refractivity contribution in [3.8, 4) is 0 Å². The smallest absolute Gasteiger partial charge is 0 e. The van der Waals surface area contributed by atoms with E-state index in [0.29, 0.717) is 24.0 Å². The Balaban J connectivity index is -0.0000000181. The van der Waals surface area contributed by atoms with Gasteiger partial charge in [-0.05, 0) is 0 Å². The Morgan fingerprint density at radius 2 is 1.02 bits per heavy atom. The summed E-state index contributed by atoms with van der Waals surface area (Å²) in [4.78, 5) is 11.9. The van der Waals surface area contributed by atoms with Gasteiger partial charge in [0.15, 0.2) is 0 Å². The van der Waals surface area contributed by atoms with Gasteiger partial charge in [0.1, 0.15) is 0 Å². The summed E-state index contributed by atoms with van der Waals surface area (Å²) < 4.78 is 3.29. The van der Waals surface area contributed by atoms with Crippen LogP contribution in [0.5, 0.6) is 0 Å². The molecule has 2 nitrogen and oxygen atoms in total. The van der Waals surface area contributed by atoms with Crippen LogP contribution in [0.3, 0.4) is 0 Å². The number of aliphatic hydroxyl groups excluding tert-OH is 1. The maximum Gasteiger partial charge on any atom is 0 e. The molecule has 0 amide bonds. The monoisotopic (exact) mass is 4700 g/mol. The van der Waals surface area contributed by atoms with Gasteiger partial charge >= 0.3 is 161 Å². The van der Waals surface area contributed by atoms with Gasteiger partial charge in [0.2, 0.25) is 0 Å². The second kappa shape index (κ2) is 59.6. The van der Waals surface area contributed by atoms with Gasteiger partial charge in [0, 0.05) is 463 Å². The molecular formula is C19H24O2W24. The first-order valence-electron chi connectivity index (χ1n) is 8.75. The number of allylic oxidation sites excluding steroid dienone is 1. The third kappa shape index (κ3) is 31.2. The van der Waals surface area contributed by atoms with E-state index in [-0.39, 0.29) is 480 Å². The molecular weight excluding hydrogens is 4670 g/mol. The molecule has 6 atom stereocenters. The summed E-state index contributed by atoms with van der Waals surface area (Å²) in [6.07, 6.45) is 7.86. The van der Waals surface area contributed by atoms with Crippen LogP contribution in [0.15, 0.2) is 11.6 Å². The first-order chi connectivity index (χ1) is 10.8. The number of hydrogen-bond acceptors (Lipinski definition) is 2. The molecule has 0 aromatic heterocycles. The van der Waals surface area contributed by atoms with E-state index < -0.39 is 0 Å². The van der Waals surface area contributed by atoms with Gasteiger partial charge in [-0.1, -0.05) is 0 Å². The van der Waals surface area contributed by atoms with Crippen LogP contribution in [0.4, 0.5) is 0 Å². The van der Waals surface area contributed by atoms with Gasteiger partial charge in [-0.3, -0.25) is 0 Å². The van der Waals surface area contributed by atoms with E-state index in [2.05, 4.69) is 13.8 Å². The van der Waals surface area contributed by atoms with Crippen molar-refractivity contribution < 1.29 is 512 Å². The number of hydrogen-bond donors (Lipinski definition) is 1. The fraction of sp³-hybridized carbons (Fsp3) is 0.737. The normalized spacial score (nSPS) is 25.2. The van der Waals surface area contributed by atoms with Gasteiger partial charge in [-0.15, -0.1) is 0 Å². The van der Waals surface area contributed by atoms with E-state index in [0.717, 1.165) is 25.2 Å². The summed E-state index contributed by atoms with van der Waals surface area (Å²) in [7, 11) is 0. The number of fused-ring (bicyclic) bond motifs is 5. The van der Waals surface area contributed by atoms with Crippen molar-refractivity contribution in [1.29, 1.82) is 0 Å². The molecule has 5 unspecified atom stereocenters. The average molecular weight is 4700 g/mol. The Morgan fingerprint density at radius 3 is 1.40 bits per heavy atom. The predicted octanol–water partition coefficient (Wildman–Crippen LogP) is 2.48. The minimum atomic E-state index is -0.218. The molecule has 0 aromatic carbocycles. The van der Waals surface area contributed by atoms with Gasteiger partial charge in [-0.2, -0.15) is 0 Å². The SMILES string of the molecule is CC12C[C@@H](O)C3C([C](=[W])CC4=CC(=O)CCC43C)C1CC[C]2=[W].[W].[W].[W].[W].[W].[W].[W].[W].[W].[W].[W].[W].[W].[W].[W].[W].[W].[W].[W].[W].[W].[W]. The van der Waals surface area contributed by atoms with Crippen molar-refractivity contribution in [2.45, 2.75) is 58.5 Å². The zero-order valence-corrected chi connectivity index (χ0v) is 93.2. The van der Waals surface area contributed by atoms with Crippen molar-refractivity contribution in [2.75, 3.05) is 0 Å². The number of rotatable bonds is 0. The van der Waals surface area contributed by atoms with Crippen LogP contribution in [-0.2, 0) is 507 Å². The summed E-state index contributed by atoms with van der Waals surface area (Å²) >= 11 is 3.20. The summed E-state index contributed by atoms with van der Waals surface area (Å²) in [5.41, 5.74) is 1.63. The Kier molecular flexibility index (Phi) is 165. The summed E-state index contributed by atoms with van der Waals surface area (Å²) in [5.74, 6) is 1.93. The molecule has 3 fully saturated rings. The number of ketones is 1. The molecule has 0 spiro atoms. The molecule has 4 rings (SSSR count). The zero-order chi connectivity index (χ0) is 16.6. The van der Waals surface area contributed by atoms with Crippen molar-refractivity contribution in [3.05, 3.63) is 11.6 Å². The topological polar surface area (TPSA) is 37.3 Å². The fourth-order valence-electron chi connectivity index (χ4n) is 6.15. The van der Waals surface area contributed by atoms with Gasteiger partial charge in [0.05, 0.1) is 0 Å². The van der Waals surface area contributed by atoms with Crippen LogP contribution >= 0.6 is 0 Å². The van der Waals surface area contributed by atoms with E-state index in [1.54, 1.807) is 46.5 Å². The van der Waals surface area contributed by atoms with Crippen LogP contribution in [0.1, 0.15) is 52.4 Å². The van der Waals surface area contributed by atoms with Crippen molar-refractivity contribution in [2.24, 2.45) is 28.6 Å². The first kappa shape index (κ1) is 124. The van der Waals surface area contributed by atoms with Crippen molar-refractivity contribution in [1.82, 2.24) is 0 Å². The van der Waals surface area contributed by atoms with Crippen LogP contribution < -0.4 is 0 Å². The van der Waals surface area contributed by atoms with Gasteiger partial charge < -0.3 is 0 Å². The molecule has 26 heteroatoms. The maximum absolute atomic E-state index is 11.9. The molecule has 3 saturated carbocycles. The van der Waals surface area contributed by atoms with Crippen molar-refractivity contribution in [3.63, 3.8) is 0 Å². The van der Waals surface area contributed by atoms with E-state index in [9.17, 15) is 9.90 Å². The molecule has 0 bridgehead atoms. The molecule has 4 aliphatic carbocycles. The quantitative estimate of drug-likeness (QED) is 0.406. The molecule has 0 aromatic rings. The maximum atomic E-state index is 11.9. The second-order valence-corrected chi connectivity index (χ2v) is 12.2. The Morgan fingerprint density at radius 1 is 0.644 bits per heavy atom.